The number of ether oxygens (including phenoxy) is 1. The van der Waals surface area contributed by atoms with Crippen molar-refractivity contribution in [3.63, 3.8) is 0 Å². The molecule has 0 radical (unpaired) electrons. The van der Waals surface area contributed by atoms with Crippen molar-refractivity contribution in [3.8, 4) is 0 Å². The molecule has 0 bridgehead atoms. The summed E-state index contributed by atoms with van der Waals surface area (Å²) >= 11 is 0. The summed E-state index contributed by atoms with van der Waals surface area (Å²) in [4.78, 5) is 14.4. The van der Waals surface area contributed by atoms with Gasteiger partial charge in [0.15, 0.2) is 0 Å². The second-order valence-corrected chi connectivity index (χ2v) is 6.03. The molecule has 2 heterocycles. The highest BCUT2D eigenvalue weighted by Gasteiger charge is 2.40. The molecule has 2 aliphatic rings. The fraction of sp³-hybridized carbons (Fsp3) is 0.200. The van der Waals surface area contributed by atoms with E-state index in [-0.39, 0.29) is 6.17 Å². The highest BCUT2D eigenvalue weighted by Crippen LogP contribution is 2.36. The molecule has 4 rings (SSSR count). The molecule has 1 atom stereocenters. The summed E-state index contributed by atoms with van der Waals surface area (Å²) in [6.07, 6.45) is 3.94. The lowest BCUT2D eigenvalue weighted by atomic mass is 10.1. The summed E-state index contributed by atoms with van der Waals surface area (Å²) in [6.45, 7) is 4.16. The number of carbonyl (C=O) groups is 1. The van der Waals surface area contributed by atoms with Gasteiger partial charge in [0.05, 0.1) is 18.0 Å². The van der Waals surface area contributed by atoms with Gasteiger partial charge in [0.1, 0.15) is 6.17 Å². The number of amidine groups is 1. The molecule has 0 fully saturated rings. The summed E-state index contributed by atoms with van der Waals surface area (Å²) in [5.41, 5.74) is 4.13. The Labute approximate surface area is 146 Å². The number of para-hydroxylation sites is 1. The third-order valence-electron chi connectivity index (χ3n) is 4.35. The van der Waals surface area contributed by atoms with Crippen LogP contribution in [-0.4, -0.2) is 24.6 Å². The SMILES string of the molecule is CCOC(=O)C1=NN(c2ccc(C)cc2)C2C=Cc3ccccc3N12. The molecule has 2 aliphatic heterocycles. The van der Waals surface area contributed by atoms with E-state index in [4.69, 9.17) is 4.74 Å². The third-order valence-corrected chi connectivity index (χ3v) is 4.35. The minimum Gasteiger partial charge on any atom is -0.460 e. The van der Waals surface area contributed by atoms with E-state index in [1.54, 1.807) is 6.92 Å². The second-order valence-electron chi connectivity index (χ2n) is 6.03. The second kappa shape index (κ2) is 6.09. The Morgan fingerprint density at radius 3 is 2.68 bits per heavy atom. The number of fused-ring (bicyclic) bond motifs is 3. The van der Waals surface area contributed by atoms with E-state index < -0.39 is 5.97 Å². The van der Waals surface area contributed by atoms with Crippen LogP contribution in [0, 0.1) is 6.92 Å². The van der Waals surface area contributed by atoms with Crippen LogP contribution in [0.25, 0.3) is 6.08 Å². The van der Waals surface area contributed by atoms with Gasteiger partial charge in [-0.25, -0.2) is 9.80 Å². The molecule has 1 unspecified atom stereocenters. The molecule has 0 amide bonds. The van der Waals surface area contributed by atoms with Crippen molar-refractivity contribution in [3.05, 3.63) is 65.7 Å². The highest BCUT2D eigenvalue weighted by molar-refractivity contribution is 6.42. The van der Waals surface area contributed by atoms with Gasteiger partial charge in [-0.05, 0) is 43.7 Å². The number of rotatable bonds is 3. The fourth-order valence-corrected chi connectivity index (χ4v) is 3.15. The number of nitrogens with zero attached hydrogens (tertiary/aromatic N) is 3. The van der Waals surface area contributed by atoms with Crippen molar-refractivity contribution < 1.29 is 9.53 Å². The van der Waals surface area contributed by atoms with Crippen LogP contribution in [0.15, 0.2) is 59.7 Å². The standard InChI is InChI=1S/C20H19N3O2/c1-3-25-20(24)19-21-23(16-11-8-14(2)9-12-16)18-13-10-15-6-4-5-7-17(15)22(18)19/h4-13,18H,3H2,1-2H3. The Balaban J connectivity index is 1.81. The topological polar surface area (TPSA) is 45.1 Å². The van der Waals surface area contributed by atoms with Gasteiger partial charge < -0.3 is 4.74 Å². The number of hydrazone groups is 1. The lowest BCUT2D eigenvalue weighted by molar-refractivity contribution is -0.135. The lowest BCUT2D eigenvalue weighted by Crippen LogP contribution is -2.45. The molecule has 126 valence electrons. The van der Waals surface area contributed by atoms with E-state index in [0.29, 0.717) is 12.4 Å². The maximum Gasteiger partial charge on any atom is 0.376 e. The summed E-state index contributed by atoms with van der Waals surface area (Å²) in [6, 6.07) is 16.1. The van der Waals surface area contributed by atoms with Gasteiger partial charge in [-0.3, -0.25) is 4.90 Å². The van der Waals surface area contributed by atoms with Crippen LogP contribution in [0.4, 0.5) is 11.4 Å². The molecule has 0 spiro atoms. The van der Waals surface area contributed by atoms with E-state index in [2.05, 4.69) is 17.3 Å². The van der Waals surface area contributed by atoms with Crippen molar-refractivity contribution in [2.45, 2.75) is 20.0 Å². The monoisotopic (exact) mass is 333 g/mol. The largest absolute Gasteiger partial charge is 0.460 e. The van der Waals surface area contributed by atoms with Crippen molar-refractivity contribution in [2.24, 2.45) is 5.10 Å². The van der Waals surface area contributed by atoms with Gasteiger partial charge >= 0.3 is 5.97 Å². The molecule has 5 heteroatoms. The first-order chi connectivity index (χ1) is 12.2. The molecular formula is C20H19N3O2. The van der Waals surface area contributed by atoms with Crippen LogP contribution < -0.4 is 9.91 Å². The molecule has 0 saturated heterocycles. The van der Waals surface area contributed by atoms with Crippen LogP contribution in [0.1, 0.15) is 18.1 Å². The first kappa shape index (κ1) is 15.4. The van der Waals surface area contributed by atoms with Crippen molar-refractivity contribution in [1.82, 2.24) is 0 Å². The Kier molecular flexibility index (Phi) is 3.76. The van der Waals surface area contributed by atoms with Crippen LogP contribution >= 0.6 is 0 Å². The van der Waals surface area contributed by atoms with Crippen molar-refractivity contribution >= 4 is 29.3 Å². The average molecular weight is 333 g/mol. The summed E-state index contributed by atoms with van der Waals surface area (Å²) in [7, 11) is 0. The Morgan fingerprint density at radius 2 is 1.92 bits per heavy atom. The molecule has 5 nitrogen and oxygen atoms in total. The van der Waals surface area contributed by atoms with Crippen LogP contribution in [0.3, 0.4) is 0 Å². The van der Waals surface area contributed by atoms with E-state index in [1.807, 2.05) is 65.4 Å². The van der Waals surface area contributed by atoms with Crippen molar-refractivity contribution in [2.75, 3.05) is 16.5 Å². The van der Waals surface area contributed by atoms with E-state index in [1.165, 1.54) is 5.56 Å². The molecule has 0 aliphatic carbocycles. The van der Waals surface area contributed by atoms with Crippen LogP contribution in [-0.2, 0) is 9.53 Å². The minimum absolute atomic E-state index is 0.183. The Hall–Kier alpha value is -3.08. The van der Waals surface area contributed by atoms with Gasteiger partial charge in [0.25, 0.3) is 0 Å². The van der Waals surface area contributed by atoms with Gasteiger partial charge in [-0.15, -0.1) is 5.10 Å². The molecule has 2 aromatic rings. The third kappa shape index (κ3) is 2.58. The van der Waals surface area contributed by atoms with Crippen LogP contribution in [0.5, 0.6) is 0 Å². The number of aryl methyl sites for hydroxylation is 1. The average Bonchev–Trinajstić information content (AvgIpc) is 3.03. The first-order valence-corrected chi connectivity index (χ1v) is 8.37. The van der Waals surface area contributed by atoms with Crippen molar-refractivity contribution in [1.29, 1.82) is 0 Å². The fourth-order valence-electron chi connectivity index (χ4n) is 3.15. The highest BCUT2D eigenvalue weighted by atomic mass is 16.5. The zero-order chi connectivity index (χ0) is 17.4. The maximum atomic E-state index is 12.5. The molecule has 2 aromatic carbocycles. The van der Waals surface area contributed by atoms with Gasteiger partial charge in [-0.1, -0.05) is 42.0 Å². The quantitative estimate of drug-likeness (QED) is 0.806. The molecule has 0 N–H and O–H groups in total. The number of anilines is 2. The summed E-state index contributed by atoms with van der Waals surface area (Å²) in [5, 5.41) is 6.46. The maximum absolute atomic E-state index is 12.5. The zero-order valence-electron chi connectivity index (χ0n) is 14.2. The van der Waals surface area contributed by atoms with E-state index >= 15 is 0 Å². The number of hydrogen-bond acceptors (Lipinski definition) is 5. The Morgan fingerprint density at radius 1 is 1.16 bits per heavy atom. The zero-order valence-corrected chi connectivity index (χ0v) is 14.2. The minimum atomic E-state index is -0.410. The summed E-state index contributed by atoms with van der Waals surface area (Å²) < 4.78 is 5.23. The molecule has 0 aromatic heterocycles. The number of benzene rings is 2. The molecule has 25 heavy (non-hydrogen) atoms. The number of carbonyl (C=O) groups excluding carboxylic acids is 1. The van der Waals surface area contributed by atoms with Gasteiger partial charge in [0, 0.05) is 0 Å². The predicted molar refractivity (Wildman–Crippen MR) is 99.5 cm³/mol. The van der Waals surface area contributed by atoms with E-state index in [9.17, 15) is 4.79 Å². The number of esters is 1. The molecule has 0 saturated carbocycles. The summed E-state index contributed by atoms with van der Waals surface area (Å²) in [5.74, 6) is -0.101. The lowest BCUT2D eigenvalue weighted by Gasteiger charge is -2.32. The van der Waals surface area contributed by atoms with E-state index in [0.717, 1.165) is 16.9 Å². The van der Waals surface area contributed by atoms with Crippen LogP contribution in [0.2, 0.25) is 0 Å². The number of hydrogen-bond donors (Lipinski definition) is 0. The van der Waals surface area contributed by atoms with Gasteiger partial charge in [0.2, 0.25) is 5.84 Å². The first-order valence-electron chi connectivity index (χ1n) is 8.37. The smallest absolute Gasteiger partial charge is 0.376 e. The normalized spacial score (nSPS) is 17.8. The molecular weight excluding hydrogens is 314 g/mol. The van der Waals surface area contributed by atoms with Gasteiger partial charge in [-0.2, -0.15) is 0 Å². The predicted octanol–water partition coefficient (Wildman–Crippen LogP) is 3.55. The Bertz CT molecular complexity index is 871.